The third-order valence-electron chi connectivity index (χ3n) is 1.99. The second-order valence-corrected chi connectivity index (χ2v) is 6.39. The maximum Gasteiger partial charge on any atom is 0.221 e. The molecule has 0 bridgehead atoms. The quantitative estimate of drug-likeness (QED) is 0.848. The first-order chi connectivity index (χ1) is 7.58. The Bertz CT molecular complexity index is 338. The maximum absolute atomic E-state index is 11.4. The van der Waals surface area contributed by atoms with Gasteiger partial charge in [-0.3, -0.25) is 4.79 Å². The van der Waals surface area contributed by atoms with Crippen LogP contribution in [0.25, 0.3) is 0 Å². The van der Waals surface area contributed by atoms with E-state index in [2.05, 4.69) is 40.4 Å². The highest BCUT2D eigenvalue weighted by Crippen LogP contribution is 2.21. The minimum Gasteiger partial charge on any atom is -0.351 e. The summed E-state index contributed by atoms with van der Waals surface area (Å²) in [6, 6.07) is 4.44. The fourth-order valence-corrected chi connectivity index (χ4v) is 2.62. The molecular formula is C11H17BrN2OS. The lowest BCUT2D eigenvalue weighted by Gasteiger charge is -2.07. The average molecular weight is 305 g/mol. The number of nitrogens with one attached hydrogen (secondary N) is 2. The van der Waals surface area contributed by atoms with E-state index >= 15 is 0 Å². The standard InChI is InChI=1S/C11H17BrN2OS/c1-8(2)13-6-5-11(15)14-7-9-3-4-10(12)16-9/h3-4,8,13H,5-7H2,1-2H3,(H,14,15). The molecule has 0 spiro atoms. The molecule has 0 unspecified atom stereocenters. The van der Waals surface area contributed by atoms with E-state index in [1.54, 1.807) is 11.3 Å². The molecule has 3 nitrogen and oxygen atoms in total. The number of amides is 1. The number of carbonyl (C=O) groups is 1. The Kier molecular flexibility index (Phi) is 6.01. The molecule has 0 saturated heterocycles. The second kappa shape index (κ2) is 7.04. The molecule has 0 aromatic carbocycles. The van der Waals surface area contributed by atoms with Crippen molar-refractivity contribution in [1.29, 1.82) is 0 Å². The van der Waals surface area contributed by atoms with Gasteiger partial charge in [-0.1, -0.05) is 13.8 Å². The van der Waals surface area contributed by atoms with E-state index in [1.807, 2.05) is 12.1 Å². The molecule has 1 rings (SSSR count). The van der Waals surface area contributed by atoms with Crippen molar-refractivity contribution in [2.75, 3.05) is 6.54 Å². The van der Waals surface area contributed by atoms with Crippen molar-refractivity contribution >= 4 is 33.2 Å². The number of rotatable bonds is 6. The van der Waals surface area contributed by atoms with Gasteiger partial charge in [0.25, 0.3) is 0 Å². The van der Waals surface area contributed by atoms with Gasteiger partial charge in [0.2, 0.25) is 5.91 Å². The molecule has 16 heavy (non-hydrogen) atoms. The van der Waals surface area contributed by atoms with E-state index in [4.69, 9.17) is 0 Å². The minimum atomic E-state index is 0.0951. The highest BCUT2D eigenvalue weighted by atomic mass is 79.9. The van der Waals surface area contributed by atoms with Crippen molar-refractivity contribution in [3.05, 3.63) is 20.8 Å². The van der Waals surface area contributed by atoms with Gasteiger partial charge in [0, 0.05) is 23.9 Å². The smallest absolute Gasteiger partial charge is 0.221 e. The Hall–Kier alpha value is -0.390. The lowest BCUT2D eigenvalue weighted by atomic mass is 10.3. The predicted octanol–water partition coefficient (Wildman–Crippen LogP) is 2.51. The molecule has 0 atom stereocenters. The fraction of sp³-hybridized carbons (Fsp3) is 0.545. The van der Waals surface area contributed by atoms with E-state index in [9.17, 15) is 4.79 Å². The summed E-state index contributed by atoms with van der Waals surface area (Å²) in [7, 11) is 0. The molecule has 0 aliphatic heterocycles. The number of thiophene rings is 1. The van der Waals surface area contributed by atoms with Crippen LogP contribution in [-0.4, -0.2) is 18.5 Å². The van der Waals surface area contributed by atoms with Gasteiger partial charge in [-0.25, -0.2) is 0 Å². The molecule has 0 radical (unpaired) electrons. The van der Waals surface area contributed by atoms with Gasteiger partial charge < -0.3 is 10.6 Å². The third kappa shape index (κ3) is 5.63. The number of halogens is 1. The second-order valence-electron chi connectivity index (χ2n) is 3.84. The molecule has 5 heteroatoms. The molecule has 90 valence electrons. The van der Waals surface area contributed by atoms with Crippen LogP contribution in [0.2, 0.25) is 0 Å². The van der Waals surface area contributed by atoms with Crippen LogP contribution >= 0.6 is 27.3 Å². The van der Waals surface area contributed by atoms with Crippen LogP contribution in [0, 0.1) is 0 Å². The molecule has 0 fully saturated rings. The summed E-state index contributed by atoms with van der Waals surface area (Å²) in [6.07, 6.45) is 0.532. The van der Waals surface area contributed by atoms with E-state index in [-0.39, 0.29) is 5.91 Å². The lowest BCUT2D eigenvalue weighted by Crippen LogP contribution is -2.30. The van der Waals surface area contributed by atoms with Crippen molar-refractivity contribution in [3.8, 4) is 0 Å². The van der Waals surface area contributed by atoms with Crippen LogP contribution < -0.4 is 10.6 Å². The summed E-state index contributed by atoms with van der Waals surface area (Å²) in [5.74, 6) is 0.0951. The van der Waals surface area contributed by atoms with Crippen LogP contribution in [0.5, 0.6) is 0 Å². The molecule has 1 aromatic heterocycles. The first-order valence-corrected chi connectivity index (χ1v) is 6.93. The summed E-state index contributed by atoms with van der Waals surface area (Å²) in [6.45, 7) is 5.50. The predicted molar refractivity (Wildman–Crippen MR) is 71.6 cm³/mol. The van der Waals surface area contributed by atoms with E-state index in [1.165, 1.54) is 0 Å². The van der Waals surface area contributed by atoms with Crippen LogP contribution in [0.4, 0.5) is 0 Å². The zero-order chi connectivity index (χ0) is 12.0. The van der Waals surface area contributed by atoms with Gasteiger partial charge in [0.15, 0.2) is 0 Å². The maximum atomic E-state index is 11.4. The molecule has 0 aliphatic carbocycles. The van der Waals surface area contributed by atoms with E-state index in [0.717, 1.165) is 15.2 Å². The number of hydrogen-bond acceptors (Lipinski definition) is 3. The van der Waals surface area contributed by atoms with E-state index < -0.39 is 0 Å². The van der Waals surface area contributed by atoms with Gasteiger partial charge in [0.1, 0.15) is 0 Å². The normalized spacial score (nSPS) is 10.8. The Labute approximate surface area is 109 Å². The lowest BCUT2D eigenvalue weighted by molar-refractivity contribution is -0.121. The highest BCUT2D eigenvalue weighted by Gasteiger charge is 2.03. The Balaban J connectivity index is 2.15. The Morgan fingerprint density at radius 3 is 2.81 bits per heavy atom. The van der Waals surface area contributed by atoms with E-state index in [0.29, 0.717) is 19.0 Å². The first kappa shape index (κ1) is 13.7. The van der Waals surface area contributed by atoms with Crippen LogP contribution in [0.1, 0.15) is 25.1 Å². The monoisotopic (exact) mass is 304 g/mol. The third-order valence-corrected chi connectivity index (χ3v) is 3.62. The summed E-state index contributed by atoms with van der Waals surface area (Å²) in [5, 5.41) is 6.11. The van der Waals surface area contributed by atoms with Crippen molar-refractivity contribution in [2.24, 2.45) is 0 Å². The highest BCUT2D eigenvalue weighted by molar-refractivity contribution is 9.11. The zero-order valence-corrected chi connectivity index (χ0v) is 12.0. The van der Waals surface area contributed by atoms with Gasteiger partial charge >= 0.3 is 0 Å². The Morgan fingerprint density at radius 2 is 2.25 bits per heavy atom. The molecule has 2 N–H and O–H groups in total. The summed E-state index contributed by atoms with van der Waals surface area (Å²) in [4.78, 5) is 12.6. The molecule has 0 aliphatic rings. The zero-order valence-electron chi connectivity index (χ0n) is 9.55. The van der Waals surface area contributed by atoms with Gasteiger partial charge in [-0.2, -0.15) is 0 Å². The van der Waals surface area contributed by atoms with Crippen LogP contribution in [-0.2, 0) is 11.3 Å². The van der Waals surface area contributed by atoms with Crippen molar-refractivity contribution < 1.29 is 4.79 Å². The number of carbonyl (C=O) groups excluding carboxylic acids is 1. The first-order valence-electron chi connectivity index (χ1n) is 5.32. The molecule has 1 aromatic rings. The van der Waals surface area contributed by atoms with Crippen molar-refractivity contribution in [2.45, 2.75) is 32.9 Å². The topological polar surface area (TPSA) is 41.1 Å². The van der Waals surface area contributed by atoms with Crippen molar-refractivity contribution in [3.63, 3.8) is 0 Å². The molecule has 0 saturated carbocycles. The Morgan fingerprint density at radius 1 is 1.50 bits per heavy atom. The molecule has 1 heterocycles. The SMILES string of the molecule is CC(C)NCCC(=O)NCc1ccc(Br)s1. The summed E-state index contributed by atoms with van der Waals surface area (Å²) < 4.78 is 1.10. The van der Waals surface area contributed by atoms with Crippen molar-refractivity contribution in [1.82, 2.24) is 10.6 Å². The fourth-order valence-electron chi connectivity index (χ4n) is 1.20. The van der Waals surface area contributed by atoms with Gasteiger partial charge in [0.05, 0.1) is 10.3 Å². The van der Waals surface area contributed by atoms with Gasteiger partial charge in [-0.15, -0.1) is 11.3 Å². The van der Waals surface area contributed by atoms with Gasteiger partial charge in [-0.05, 0) is 28.1 Å². The van der Waals surface area contributed by atoms with Crippen LogP contribution in [0.15, 0.2) is 15.9 Å². The minimum absolute atomic E-state index is 0.0951. The number of hydrogen-bond donors (Lipinski definition) is 2. The summed E-state index contributed by atoms with van der Waals surface area (Å²) >= 11 is 5.04. The molecular weight excluding hydrogens is 288 g/mol. The largest absolute Gasteiger partial charge is 0.351 e. The summed E-state index contributed by atoms with van der Waals surface area (Å²) in [5.41, 5.74) is 0. The van der Waals surface area contributed by atoms with Crippen LogP contribution in [0.3, 0.4) is 0 Å². The molecule has 1 amide bonds. The average Bonchev–Trinajstić information content (AvgIpc) is 2.61.